The molecule has 2 aromatic rings. The highest BCUT2D eigenvalue weighted by Gasteiger charge is 2.26. The summed E-state index contributed by atoms with van der Waals surface area (Å²) < 4.78 is 0. The molecule has 0 aliphatic carbocycles. The lowest BCUT2D eigenvalue weighted by Gasteiger charge is -2.20. The zero-order valence-electron chi connectivity index (χ0n) is 17.5. The maximum Gasteiger partial charge on any atom is 0.222 e. The Morgan fingerprint density at radius 3 is 2.24 bits per heavy atom. The standard InChI is InChI=1S/C24H32N4O/c1-3-23(29)28-16-15-21(18-28)27-24(25-4-2)26-17-22(19-11-7-5-8-12-19)20-13-9-6-10-14-20/h5-14,21-22H,3-4,15-18H2,1-2H3,(H2,25,26,27). The number of amides is 1. The second-order valence-electron chi connectivity index (χ2n) is 7.42. The van der Waals surface area contributed by atoms with Crippen molar-refractivity contribution in [1.29, 1.82) is 0 Å². The normalized spacial score (nSPS) is 16.9. The van der Waals surface area contributed by atoms with Gasteiger partial charge >= 0.3 is 0 Å². The zero-order chi connectivity index (χ0) is 20.5. The fourth-order valence-electron chi connectivity index (χ4n) is 3.80. The molecule has 1 amide bonds. The van der Waals surface area contributed by atoms with E-state index in [0.29, 0.717) is 13.0 Å². The molecule has 0 saturated carbocycles. The minimum Gasteiger partial charge on any atom is -0.357 e. The average Bonchev–Trinajstić information content (AvgIpc) is 3.23. The lowest BCUT2D eigenvalue weighted by molar-refractivity contribution is -0.129. The number of hydrogen-bond acceptors (Lipinski definition) is 2. The molecule has 1 saturated heterocycles. The highest BCUT2D eigenvalue weighted by Crippen LogP contribution is 2.24. The molecule has 5 nitrogen and oxygen atoms in total. The van der Waals surface area contributed by atoms with Crippen molar-refractivity contribution < 1.29 is 4.79 Å². The molecule has 5 heteroatoms. The molecule has 0 spiro atoms. The van der Waals surface area contributed by atoms with Crippen molar-refractivity contribution in [3.8, 4) is 0 Å². The van der Waals surface area contributed by atoms with Crippen molar-refractivity contribution in [2.24, 2.45) is 4.99 Å². The molecule has 0 bridgehead atoms. The van der Waals surface area contributed by atoms with E-state index in [2.05, 4.69) is 66.1 Å². The Kier molecular flexibility index (Phi) is 7.68. The molecule has 0 aromatic heterocycles. The summed E-state index contributed by atoms with van der Waals surface area (Å²) in [7, 11) is 0. The number of benzene rings is 2. The van der Waals surface area contributed by atoms with Crippen LogP contribution in [0.1, 0.15) is 43.7 Å². The number of hydrogen-bond donors (Lipinski definition) is 2. The minimum absolute atomic E-state index is 0.203. The molecule has 1 fully saturated rings. The summed E-state index contributed by atoms with van der Waals surface area (Å²) in [5.41, 5.74) is 2.53. The molecule has 1 unspecified atom stereocenters. The molecule has 29 heavy (non-hydrogen) atoms. The Balaban J connectivity index is 1.72. The molecule has 1 aliphatic rings. The van der Waals surface area contributed by atoms with Crippen LogP contribution in [0.25, 0.3) is 0 Å². The summed E-state index contributed by atoms with van der Waals surface area (Å²) >= 11 is 0. The lowest BCUT2D eigenvalue weighted by Crippen LogP contribution is -2.45. The predicted molar refractivity (Wildman–Crippen MR) is 119 cm³/mol. The van der Waals surface area contributed by atoms with Crippen LogP contribution in [0.5, 0.6) is 0 Å². The molecule has 1 heterocycles. The number of carbonyl (C=O) groups is 1. The molecule has 1 atom stereocenters. The first-order valence-corrected chi connectivity index (χ1v) is 10.6. The summed E-state index contributed by atoms with van der Waals surface area (Å²) in [6.07, 6.45) is 1.52. The molecule has 3 rings (SSSR count). The van der Waals surface area contributed by atoms with Crippen molar-refractivity contribution >= 4 is 11.9 Å². The number of likely N-dealkylation sites (tertiary alicyclic amines) is 1. The second kappa shape index (κ2) is 10.6. The van der Waals surface area contributed by atoms with Crippen molar-refractivity contribution in [3.05, 3.63) is 71.8 Å². The van der Waals surface area contributed by atoms with Gasteiger partial charge in [-0.25, -0.2) is 0 Å². The maximum absolute atomic E-state index is 12.0. The topological polar surface area (TPSA) is 56.7 Å². The van der Waals surface area contributed by atoms with Crippen LogP contribution in [0.15, 0.2) is 65.7 Å². The summed E-state index contributed by atoms with van der Waals surface area (Å²) in [6, 6.07) is 21.3. The van der Waals surface area contributed by atoms with E-state index < -0.39 is 0 Å². The van der Waals surface area contributed by atoms with Crippen LogP contribution in [0.3, 0.4) is 0 Å². The molecule has 2 aromatic carbocycles. The number of nitrogens with zero attached hydrogens (tertiary/aromatic N) is 2. The van der Waals surface area contributed by atoms with E-state index in [1.807, 2.05) is 24.0 Å². The van der Waals surface area contributed by atoms with Gasteiger partial charge in [-0.2, -0.15) is 0 Å². The van der Waals surface area contributed by atoms with E-state index in [0.717, 1.165) is 32.0 Å². The Labute approximate surface area is 174 Å². The molecule has 0 radical (unpaired) electrons. The van der Waals surface area contributed by atoms with Gasteiger partial charge in [0.2, 0.25) is 5.91 Å². The summed E-state index contributed by atoms with van der Waals surface area (Å²) in [6.45, 7) is 7.02. The Hall–Kier alpha value is -2.82. The van der Waals surface area contributed by atoms with Gasteiger partial charge in [0, 0.05) is 38.0 Å². The first kappa shape index (κ1) is 20.9. The van der Waals surface area contributed by atoms with Gasteiger partial charge in [0.1, 0.15) is 0 Å². The van der Waals surface area contributed by atoms with Gasteiger partial charge in [0.25, 0.3) is 0 Å². The van der Waals surface area contributed by atoms with Crippen molar-refractivity contribution in [2.45, 2.75) is 38.6 Å². The zero-order valence-corrected chi connectivity index (χ0v) is 17.5. The Morgan fingerprint density at radius 1 is 1.07 bits per heavy atom. The van der Waals surface area contributed by atoms with E-state index in [1.54, 1.807) is 0 Å². The van der Waals surface area contributed by atoms with Gasteiger partial charge in [-0.05, 0) is 24.5 Å². The SMILES string of the molecule is CCNC(=NCC(c1ccccc1)c1ccccc1)NC1CCN(C(=O)CC)C1. The molecular formula is C24H32N4O. The number of guanidine groups is 1. The molecule has 154 valence electrons. The van der Waals surface area contributed by atoms with Crippen LogP contribution in [0, 0.1) is 0 Å². The highest BCUT2D eigenvalue weighted by molar-refractivity contribution is 5.80. The van der Waals surface area contributed by atoms with Crippen LogP contribution in [0.4, 0.5) is 0 Å². The largest absolute Gasteiger partial charge is 0.357 e. The van der Waals surface area contributed by atoms with E-state index in [-0.39, 0.29) is 17.9 Å². The first-order valence-electron chi connectivity index (χ1n) is 10.6. The highest BCUT2D eigenvalue weighted by atomic mass is 16.2. The van der Waals surface area contributed by atoms with E-state index in [1.165, 1.54) is 11.1 Å². The van der Waals surface area contributed by atoms with Gasteiger partial charge in [0.05, 0.1) is 6.54 Å². The fourth-order valence-corrected chi connectivity index (χ4v) is 3.80. The summed E-state index contributed by atoms with van der Waals surface area (Å²) in [5.74, 6) is 1.25. The minimum atomic E-state index is 0.203. The molecular weight excluding hydrogens is 360 g/mol. The number of aliphatic imine (C=N–C) groups is 1. The van der Waals surface area contributed by atoms with Crippen LogP contribution in [-0.4, -0.2) is 49.0 Å². The smallest absolute Gasteiger partial charge is 0.222 e. The predicted octanol–water partition coefficient (Wildman–Crippen LogP) is 3.38. The van der Waals surface area contributed by atoms with E-state index in [9.17, 15) is 4.79 Å². The van der Waals surface area contributed by atoms with Crippen LogP contribution in [-0.2, 0) is 4.79 Å². The van der Waals surface area contributed by atoms with Crippen molar-refractivity contribution in [2.75, 3.05) is 26.2 Å². The third kappa shape index (κ3) is 5.83. The quantitative estimate of drug-likeness (QED) is 0.561. The van der Waals surface area contributed by atoms with Crippen LogP contribution < -0.4 is 10.6 Å². The monoisotopic (exact) mass is 392 g/mol. The average molecular weight is 393 g/mol. The molecule has 1 aliphatic heterocycles. The Bertz CT molecular complexity index is 752. The third-order valence-corrected chi connectivity index (χ3v) is 5.36. The second-order valence-corrected chi connectivity index (χ2v) is 7.42. The van der Waals surface area contributed by atoms with E-state index >= 15 is 0 Å². The van der Waals surface area contributed by atoms with Crippen molar-refractivity contribution in [3.63, 3.8) is 0 Å². The lowest BCUT2D eigenvalue weighted by atomic mass is 9.91. The summed E-state index contributed by atoms with van der Waals surface area (Å²) in [4.78, 5) is 18.8. The van der Waals surface area contributed by atoms with Crippen LogP contribution >= 0.6 is 0 Å². The number of rotatable bonds is 7. The van der Waals surface area contributed by atoms with Gasteiger partial charge < -0.3 is 15.5 Å². The maximum atomic E-state index is 12.0. The number of carbonyl (C=O) groups excluding carboxylic acids is 1. The Morgan fingerprint density at radius 2 is 1.69 bits per heavy atom. The van der Waals surface area contributed by atoms with E-state index in [4.69, 9.17) is 4.99 Å². The molecule has 2 N–H and O–H groups in total. The third-order valence-electron chi connectivity index (χ3n) is 5.36. The number of nitrogens with one attached hydrogen (secondary N) is 2. The van der Waals surface area contributed by atoms with Crippen molar-refractivity contribution in [1.82, 2.24) is 15.5 Å². The van der Waals surface area contributed by atoms with Gasteiger partial charge in [-0.3, -0.25) is 9.79 Å². The first-order chi connectivity index (χ1) is 14.2. The van der Waals surface area contributed by atoms with Gasteiger partial charge in [0.15, 0.2) is 5.96 Å². The van der Waals surface area contributed by atoms with Gasteiger partial charge in [-0.1, -0.05) is 67.6 Å². The summed E-state index contributed by atoms with van der Waals surface area (Å²) in [5, 5.41) is 6.89. The fraction of sp³-hybridized carbons (Fsp3) is 0.417. The van der Waals surface area contributed by atoms with Crippen LogP contribution in [0.2, 0.25) is 0 Å². The van der Waals surface area contributed by atoms with Gasteiger partial charge in [-0.15, -0.1) is 0 Å².